The highest BCUT2D eigenvalue weighted by atomic mass is 16.6. The van der Waals surface area contributed by atoms with E-state index in [2.05, 4.69) is 0 Å². The number of piperidine rings is 1. The Hall–Kier alpha value is -2.57. The Kier molecular flexibility index (Phi) is 5.13. The lowest BCUT2D eigenvalue weighted by Crippen LogP contribution is -2.43. The molecule has 0 saturated carbocycles. The smallest absolute Gasteiger partial charge is 0.410 e. The fourth-order valence-corrected chi connectivity index (χ4v) is 3.71. The molecule has 0 radical (unpaired) electrons. The van der Waals surface area contributed by atoms with E-state index < -0.39 is 11.5 Å². The Bertz CT molecular complexity index is 761. The van der Waals surface area contributed by atoms with Crippen molar-refractivity contribution in [3.8, 4) is 0 Å². The second-order valence-corrected chi connectivity index (χ2v) is 8.30. The Balaban J connectivity index is 1.58. The predicted molar refractivity (Wildman–Crippen MR) is 100 cm³/mol. The minimum absolute atomic E-state index is 0.131. The van der Waals surface area contributed by atoms with Gasteiger partial charge in [-0.1, -0.05) is 12.1 Å². The number of amides is 3. The summed E-state index contributed by atoms with van der Waals surface area (Å²) in [7, 11) is 0. The Morgan fingerprint density at radius 1 is 1.22 bits per heavy atom. The SMILES string of the molecule is CC(C)(C)OC(=O)N1CCC(CN2Cc3cccc(C(N)=O)c3C2=O)CC1. The van der Waals surface area contributed by atoms with E-state index in [1.807, 2.05) is 26.8 Å². The first-order valence-electron chi connectivity index (χ1n) is 9.34. The molecule has 0 aromatic heterocycles. The van der Waals surface area contributed by atoms with Gasteiger partial charge in [-0.05, 0) is 51.2 Å². The minimum Gasteiger partial charge on any atom is -0.444 e. The molecule has 0 bridgehead atoms. The van der Waals surface area contributed by atoms with Gasteiger partial charge in [0.25, 0.3) is 5.91 Å². The molecule has 1 fully saturated rings. The Morgan fingerprint density at radius 2 is 1.89 bits per heavy atom. The molecule has 1 aromatic carbocycles. The van der Waals surface area contributed by atoms with Gasteiger partial charge in [0, 0.05) is 26.2 Å². The highest BCUT2D eigenvalue weighted by molar-refractivity contribution is 6.09. The van der Waals surface area contributed by atoms with Gasteiger partial charge in [-0.25, -0.2) is 4.79 Å². The van der Waals surface area contributed by atoms with Crippen LogP contribution in [0.25, 0.3) is 0 Å². The molecule has 2 N–H and O–H groups in total. The molecule has 0 aliphatic carbocycles. The Morgan fingerprint density at radius 3 is 2.48 bits per heavy atom. The molecule has 3 amide bonds. The second-order valence-electron chi connectivity index (χ2n) is 8.30. The van der Waals surface area contributed by atoms with Gasteiger partial charge in [-0.2, -0.15) is 0 Å². The van der Waals surface area contributed by atoms with Gasteiger partial charge in [0.15, 0.2) is 0 Å². The van der Waals surface area contributed by atoms with Crippen molar-refractivity contribution < 1.29 is 19.1 Å². The molecule has 3 rings (SSSR count). The van der Waals surface area contributed by atoms with Gasteiger partial charge >= 0.3 is 6.09 Å². The van der Waals surface area contributed by atoms with E-state index in [-0.39, 0.29) is 12.0 Å². The number of benzene rings is 1. The molecule has 2 aliphatic heterocycles. The van der Waals surface area contributed by atoms with E-state index in [1.165, 1.54) is 0 Å². The van der Waals surface area contributed by atoms with E-state index in [4.69, 9.17) is 10.5 Å². The van der Waals surface area contributed by atoms with Crippen LogP contribution < -0.4 is 5.73 Å². The first-order chi connectivity index (χ1) is 12.7. The molecule has 7 nitrogen and oxygen atoms in total. The summed E-state index contributed by atoms with van der Waals surface area (Å²) in [5, 5.41) is 0. The number of nitrogens with zero attached hydrogens (tertiary/aromatic N) is 2. The maximum atomic E-state index is 12.8. The summed E-state index contributed by atoms with van der Waals surface area (Å²) in [6, 6.07) is 5.22. The molecule has 7 heteroatoms. The summed E-state index contributed by atoms with van der Waals surface area (Å²) >= 11 is 0. The standard InChI is InChI=1S/C20H27N3O4/c1-20(2,3)27-19(26)22-9-7-13(8-10-22)11-23-12-14-5-4-6-15(17(21)24)16(14)18(23)25/h4-6,13H,7-12H2,1-3H3,(H2,21,24). The zero-order valence-electron chi connectivity index (χ0n) is 16.2. The molecule has 1 saturated heterocycles. The van der Waals surface area contributed by atoms with E-state index in [0.717, 1.165) is 18.4 Å². The van der Waals surface area contributed by atoms with Crippen molar-refractivity contribution in [1.82, 2.24) is 9.80 Å². The summed E-state index contributed by atoms with van der Waals surface area (Å²) in [5.74, 6) is -0.388. The summed E-state index contributed by atoms with van der Waals surface area (Å²) in [6.07, 6.45) is 1.36. The van der Waals surface area contributed by atoms with Crippen molar-refractivity contribution >= 4 is 17.9 Å². The number of hydrogen-bond acceptors (Lipinski definition) is 4. The normalized spacial score (nSPS) is 17.8. The fraction of sp³-hybridized carbons (Fsp3) is 0.550. The Labute approximate surface area is 159 Å². The summed E-state index contributed by atoms with van der Waals surface area (Å²) < 4.78 is 5.42. The number of carbonyl (C=O) groups is 3. The van der Waals surface area contributed by atoms with Crippen LogP contribution in [-0.2, 0) is 11.3 Å². The lowest BCUT2D eigenvalue weighted by molar-refractivity contribution is 0.0167. The van der Waals surface area contributed by atoms with Gasteiger partial charge < -0.3 is 20.3 Å². The number of nitrogens with two attached hydrogens (primary N) is 1. The lowest BCUT2D eigenvalue weighted by Gasteiger charge is -2.34. The number of hydrogen-bond donors (Lipinski definition) is 1. The van der Waals surface area contributed by atoms with Crippen LogP contribution in [0.4, 0.5) is 4.79 Å². The van der Waals surface area contributed by atoms with Crippen LogP contribution in [0.15, 0.2) is 18.2 Å². The van der Waals surface area contributed by atoms with Crippen LogP contribution in [0.2, 0.25) is 0 Å². The molecule has 0 spiro atoms. The quantitative estimate of drug-likeness (QED) is 0.880. The third-order valence-electron chi connectivity index (χ3n) is 5.02. The number of primary amides is 1. The largest absolute Gasteiger partial charge is 0.444 e. The third kappa shape index (κ3) is 4.23. The zero-order chi connectivity index (χ0) is 19.8. The number of likely N-dealkylation sites (tertiary alicyclic amines) is 1. The van der Waals surface area contributed by atoms with Gasteiger partial charge in [-0.15, -0.1) is 0 Å². The summed E-state index contributed by atoms with van der Waals surface area (Å²) in [4.78, 5) is 40.0. The first-order valence-corrected chi connectivity index (χ1v) is 9.34. The molecular formula is C20H27N3O4. The van der Waals surface area contributed by atoms with Gasteiger partial charge in [-0.3, -0.25) is 9.59 Å². The first kappa shape index (κ1) is 19.2. The molecule has 0 unspecified atom stereocenters. The molecule has 146 valence electrons. The lowest BCUT2D eigenvalue weighted by atomic mass is 9.96. The third-order valence-corrected chi connectivity index (χ3v) is 5.02. The van der Waals surface area contributed by atoms with Crippen molar-refractivity contribution in [2.45, 2.75) is 45.8 Å². The van der Waals surface area contributed by atoms with Crippen LogP contribution in [-0.4, -0.2) is 52.9 Å². The van der Waals surface area contributed by atoms with Crippen LogP contribution in [0, 0.1) is 5.92 Å². The topological polar surface area (TPSA) is 92.9 Å². The van der Waals surface area contributed by atoms with Crippen molar-refractivity contribution in [2.24, 2.45) is 11.7 Å². The number of ether oxygens (including phenoxy) is 1. The predicted octanol–water partition coefficient (Wildman–Crippen LogP) is 2.39. The zero-order valence-corrected chi connectivity index (χ0v) is 16.2. The van der Waals surface area contributed by atoms with E-state index in [1.54, 1.807) is 21.9 Å². The second kappa shape index (κ2) is 7.21. The van der Waals surface area contributed by atoms with Gasteiger partial charge in [0.1, 0.15) is 5.60 Å². The van der Waals surface area contributed by atoms with Crippen LogP contribution in [0.5, 0.6) is 0 Å². The van der Waals surface area contributed by atoms with Crippen molar-refractivity contribution in [3.05, 3.63) is 34.9 Å². The van der Waals surface area contributed by atoms with Crippen molar-refractivity contribution in [2.75, 3.05) is 19.6 Å². The van der Waals surface area contributed by atoms with Crippen LogP contribution in [0.1, 0.15) is 59.9 Å². The molecular weight excluding hydrogens is 346 g/mol. The molecule has 2 heterocycles. The maximum absolute atomic E-state index is 12.8. The van der Waals surface area contributed by atoms with Gasteiger partial charge in [0.2, 0.25) is 5.91 Å². The number of fused-ring (bicyclic) bond motifs is 1. The summed E-state index contributed by atoms with van der Waals surface area (Å²) in [6.45, 7) is 7.94. The van der Waals surface area contributed by atoms with Crippen LogP contribution >= 0.6 is 0 Å². The van der Waals surface area contributed by atoms with E-state index in [0.29, 0.717) is 43.2 Å². The average Bonchev–Trinajstić information content (AvgIpc) is 2.90. The fourth-order valence-electron chi connectivity index (χ4n) is 3.71. The highest BCUT2D eigenvalue weighted by Gasteiger charge is 2.34. The minimum atomic E-state index is -0.576. The molecule has 27 heavy (non-hydrogen) atoms. The van der Waals surface area contributed by atoms with E-state index >= 15 is 0 Å². The number of rotatable bonds is 3. The van der Waals surface area contributed by atoms with Crippen LogP contribution in [0.3, 0.4) is 0 Å². The summed E-state index contributed by atoms with van der Waals surface area (Å²) in [5.41, 5.74) is 6.49. The van der Waals surface area contributed by atoms with Gasteiger partial charge in [0.05, 0.1) is 11.1 Å². The van der Waals surface area contributed by atoms with Crippen molar-refractivity contribution in [3.63, 3.8) is 0 Å². The molecule has 2 aliphatic rings. The molecule has 0 atom stereocenters. The monoisotopic (exact) mass is 373 g/mol. The highest BCUT2D eigenvalue weighted by Crippen LogP contribution is 2.29. The maximum Gasteiger partial charge on any atom is 0.410 e. The number of carbonyl (C=O) groups excluding carboxylic acids is 3. The molecule has 1 aromatic rings. The average molecular weight is 373 g/mol. The van der Waals surface area contributed by atoms with Crippen molar-refractivity contribution in [1.29, 1.82) is 0 Å². The van der Waals surface area contributed by atoms with E-state index in [9.17, 15) is 14.4 Å².